The van der Waals surface area contributed by atoms with Gasteiger partial charge in [0, 0.05) is 18.8 Å². The van der Waals surface area contributed by atoms with Crippen molar-refractivity contribution in [2.45, 2.75) is 58.7 Å². The first-order valence-corrected chi connectivity index (χ1v) is 9.12. The summed E-state index contributed by atoms with van der Waals surface area (Å²) in [6.07, 6.45) is 5.24. The number of benzene rings is 1. The van der Waals surface area contributed by atoms with Crippen LogP contribution < -0.4 is 5.69 Å². The van der Waals surface area contributed by atoms with E-state index in [1.165, 1.54) is 4.57 Å². The third-order valence-corrected chi connectivity index (χ3v) is 4.30. The second-order valence-corrected chi connectivity index (χ2v) is 6.23. The van der Waals surface area contributed by atoms with Gasteiger partial charge in [-0.2, -0.15) is 0 Å². The number of esters is 1. The molecule has 0 spiro atoms. The summed E-state index contributed by atoms with van der Waals surface area (Å²) in [4.78, 5) is 24.4. The van der Waals surface area contributed by atoms with Gasteiger partial charge < -0.3 is 4.74 Å². The first-order valence-electron chi connectivity index (χ1n) is 8.58. The number of halogens is 1. The number of carbonyl (C=O) groups is 1. The average Bonchev–Trinajstić information content (AvgIpc) is 2.86. The quantitative estimate of drug-likeness (QED) is 0.370. The minimum absolute atomic E-state index is 0.0418. The van der Waals surface area contributed by atoms with Gasteiger partial charge in [0.15, 0.2) is 6.73 Å². The van der Waals surface area contributed by atoms with Gasteiger partial charge >= 0.3 is 11.7 Å². The smallest absolute Gasteiger partial charge is 0.331 e. The van der Waals surface area contributed by atoms with Crippen LogP contribution in [-0.2, 0) is 22.8 Å². The number of ether oxygens (including phenoxy) is 1. The summed E-state index contributed by atoms with van der Waals surface area (Å²) in [5.41, 5.74) is 1.45. The van der Waals surface area contributed by atoms with E-state index in [0.29, 0.717) is 25.3 Å². The van der Waals surface area contributed by atoms with Crippen molar-refractivity contribution in [1.29, 1.82) is 0 Å². The van der Waals surface area contributed by atoms with Gasteiger partial charge in [-0.25, -0.2) is 4.79 Å². The topological polar surface area (TPSA) is 53.2 Å². The number of imidazole rings is 1. The lowest BCUT2D eigenvalue weighted by Gasteiger charge is -2.06. The zero-order chi connectivity index (χ0) is 17.4. The van der Waals surface area contributed by atoms with E-state index in [1.54, 1.807) is 4.57 Å². The molecule has 5 nitrogen and oxygen atoms in total. The average molecular weight is 353 g/mol. The van der Waals surface area contributed by atoms with Crippen molar-refractivity contribution in [2.24, 2.45) is 0 Å². The standard InChI is InChI=1S/C18H25ClN2O3/c1-2-3-4-5-11-17(22)24-14-21-16-10-7-6-9-15(16)20(18(21)23)13-8-12-19/h6-7,9-10H,2-5,8,11-14H2,1H3. The maximum absolute atomic E-state index is 12.6. The first kappa shape index (κ1) is 18.6. The fourth-order valence-electron chi connectivity index (χ4n) is 2.74. The highest BCUT2D eigenvalue weighted by Crippen LogP contribution is 2.14. The number of para-hydroxylation sites is 2. The third-order valence-electron chi connectivity index (χ3n) is 4.03. The summed E-state index contributed by atoms with van der Waals surface area (Å²) in [6, 6.07) is 7.52. The van der Waals surface area contributed by atoms with E-state index >= 15 is 0 Å². The van der Waals surface area contributed by atoms with Crippen LogP contribution in [0.25, 0.3) is 11.0 Å². The summed E-state index contributed by atoms with van der Waals surface area (Å²) in [5, 5.41) is 0. The third kappa shape index (κ3) is 4.63. The molecular weight excluding hydrogens is 328 g/mol. The molecule has 0 radical (unpaired) electrons. The van der Waals surface area contributed by atoms with Gasteiger partial charge in [0.2, 0.25) is 0 Å². The monoisotopic (exact) mass is 352 g/mol. The fraction of sp³-hybridized carbons (Fsp3) is 0.556. The van der Waals surface area contributed by atoms with E-state index in [2.05, 4.69) is 6.92 Å². The maximum Gasteiger partial charge on any atom is 0.331 e. The van der Waals surface area contributed by atoms with Crippen LogP contribution in [0.4, 0.5) is 0 Å². The molecular formula is C18H25ClN2O3. The summed E-state index contributed by atoms with van der Waals surface area (Å²) < 4.78 is 8.49. The number of alkyl halides is 1. The van der Waals surface area contributed by atoms with E-state index in [0.717, 1.165) is 36.7 Å². The highest BCUT2D eigenvalue weighted by atomic mass is 35.5. The molecule has 0 amide bonds. The lowest BCUT2D eigenvalue weighted by molar-refractivity contribution is -0.147. The van der Waals surface area contributed by atoms with Gasteiger partial charge in [-0.1, -0.05) is 38.3 Å². The van der Waals surface area contributed by atoms with Gasteiger partial charge in [-0.3, -0.25) is 13.9 Å². The Labute approximate surface area is 147 Å². The molecule has 0 atom stereocenters. The molecule has 2 rings (SSSR count). The van der Waals surface area contributed by atoms with E-state index in [4.69, 9.17) is 16.3 Å². The van der Waals surface area contributed by atoms with Crippen LogP contribution in [0.2, 0.25) is 0 Å². The minimum atomic E-state index is -0.254. The Morgan fingerprint density at radius 2 is 1.79 bits per heavy atom. The molecule has 1 aromatic carbocycles. The maximum atomic E-state index is 12.6. The van der Waals surface area contributed by atoms with Crippen molar-refractivity contribution in [2.75, 3.05) is 5.88 Å². The molecule has 0 saturated carbocycles. The number of rotatable bonds is 10. The van der Waals surface area contributed by atoms with E-state index in [-0.39, 0.29) is 18.4 Å². The van der Waals surface area contributed by atoms with Crippen molar-refractivity contribution in [3.63, 3.8) is 0 Å². The SMILES string of the molecule is CCCCCCC(=O)OCn1c(=O)n(CCCCl)c2ccccc21. The van der Waals surface area contributed by atoms with E-state index < -0.39 is 0 Å². The molecule has 1 aromatic heterocycles. The summed E-state index contributed by atoms with van der Waals surface area (Å²) >= 11 is 5.74. The molecule has 132 valence electrons. The highest BCUT2D eigenvalue weighted by Gasteiger charge is 2.13. The predicted molar refractivity (Wildman–Crippen MR) is 96.4 cm³/mol. The minimum Gasteiger partial charge on any atom is -0.444 e. The number of aryl methyl sites for hydroxylation is 1. The summed E-state index contributed by atoms with van der Waals surface area (Å²) in [5.74, 6) is 0.245. The second-order valence-electron chi connectivity index (χ2n) is 5.85. The summed E-state index contributed by atoms with van der Waals surface area (Å²) in [7, 11) is 0. The van der Waals surface area contributed by atoms with Crippen molar-refractivity contribution < 1.29 is 9.53 Å². The molecule has 1 heterocycles. The number of fused-ring (bicyclic) bond motifs is 1. The Kier molecular flexibility index (Phi) is 7.37. The lowest BCUT2D eigenvalue weighted by atomic mass is 10.2. The van der Waals surface area contributed by atoms with Crippen molar-refractivity contribution in [3.8, 4) is 0 Å². The Morgan fingerprint density at radius 3 is 2.46 bits per heavy atom. The normalized spacial score (nSPS) is 11.1. The summed E-state index contributed by atoms with van der Waals surface area (Å²) in [6.45, 7) is 2.64. The molecule has 0 unspecified atom stereocenters. The van der Waals surface area contributed by atoms with Crippen LogP contribution >= 0.6 is 11.6 Å². The molecule has 0 aliphatic carbocycles. The van der Waals surface area contributed by atoms with Crippen molar-refractivity contribution in [3.05, 3.63) is 34.7 Å². The van der Waals surface area contributed by atoms with Crippen molar-refractivity contribution in [1.82, 2.24) is 9.13 Å². The zero-order valence-electron chi connectivity index (χ0n) is 14.2. The molecule has 0 fully saturated rings. The van der Waals surface area contributed by atoms with Crippen LogP contribution in [0.5, 0.6) is 0 Å². The Morgan fingerprint density at radius 1 is 1.08 bits per heavy atom. The van der Waals surface area contributed by atoms with Crippen LogP contribution in [0.15, 0.2) is 29.1 Å². The number of nitrogens with zero attached hydrogens (tertiary/aromatic N) is 2. The van der Waals surface area contributed by atoms with Gasteiger partial charge in [-0.05, 0) is 25.0 Å². The number of unbranched alkanes of at least 4 members (excludes halogenated alkanes) is 3. The Bertz CT molecular complexity index is 721. The molecule has 0 saturated heterocycles. The molecule has 0 aliphatic rings. The molecule has 0 aliphatic heterocycles. The number of hydrogen-bond acceptors (Lipinski definition) is 3. The molecule has 0 bridgehead atoms. The Balaban J connectivity index is 2.07. The number of carbonyl (C=O) groups excluding carboxylic acids is 1. The van der Waals surface area contributed by atoms with Crippen LogP contribution in [0.1, 0.15) is 45.4 Å². The van der Waals surface area contributed by atoms with Gasteiger partial charge in [0.25, 0.3) is 0 Å². The Hall–Kier alpha value is -1.75. The largest absolute Gasteiger partial charge is 0.444 e. The number of aromatic nitrogens is 2. The van der Waals surface area contributed by atoms with Gasteiger partial charge in [-0.15, -0.1) is 11.6 Å². The fourth-order valence-corrected chi connectivity index (χ4v) is 2.86. The first-order chi connectivity index (χ1) is 11.7. The van der Waals surface area contributed by atoms with E-state index in [1.807, 2.05) is 24.3 Å². The second kappa shape index (κ2) is 9.52. The van der Waals surface area contributed by atoms with Gasteiger partial charge in [0.1, 0.15) is 0 Å². The predicted octanol–water partition coefficient (Wildman–Crippen LogP) is 3.90. The molecule has 6 heteroatoms. The molecule has 2 aromatic rings. The molecule has 24 heavy (non-hydrogen) atoms. The van der Waals surface area contributed by atoms with Gasteiger partial charge in [0.05, 0.1) is 11.0 Å². The lowest BCUT2D eigenvalue weighted by Crippen LogP contribution is -2.26. The van der Waals surface area contributed by atoms with E-state index in [9.17, 15) is 9.59 Å². The van der Waals surface area contributed by atoms with Crippen molar-refractivity contribution >= 4 is 28.6 Å². The van der Waals surface area contributed by atoms with Crippen LogP contribution in [0.3, 0.4) is 0 Å². The highest BCUT2D eigenvalue weighted by molar-refractivity contribution is 6.17. The van der Waals surface area contributed by atoms with Crippen LogP contribution in [0, 0.1) is 0 Å². The zero-order valence-corrected chi connectivity index (χ0v) is 14.9. The van der Waals surface area contributed by atoms with Crippen LogP contribution in [-0.4, -0.2) is 21.0 Å². The molecule has 0 N–H and O–H groups in total. The number of hydrogen-bond donors (Lipinski definition) is 0.